The minimum absolute atomic E-state index is 0.522. The Balaban J connectivity index is 0.000000377. The Morgan fingerprint density at radius 2 is 1.65 bits per heavy atom. The number of nitrogens with one attached hydrogen (secondary N) is 1. The summed E-state index contributed by atoms with van der Waals surface area (Å²) < 4.78 is 5.32. The van der Waals surface area contributed by atoms with Gasteiger partial charge in [-0.3, -0.25) is 0 Å². The average molecular weight is 287 g/mol. The normalized spacial score (nSPS) is 20.6. The van der Waals surface area contributed by atoms with Crippen molar-refractivity contribution in [2.24, 2.45) is 5.92 Å². The highest BCUT2D eigenvalue weighted by Crippen LogP contribution is 2.16. The summed E-state index contributed by atoms with van der Waals surface area (Å²) in [5.41, 5.74) is 0. The van der Waals surface area contributed by atoms with E-state index in [9.17, 15) is 0 Å². The lowest BCUT2D eigenvalue weighted by atomic mass is 9.94. The van der Waals surface area contributed by atoms with Gasteiger partial charge in [0.1, 0.15) is 0 Å². The Labute approximate surface area is 127 Å². The third kappa shape index (κ3) is 8.93. The fourth-order valence-electron chi connectivity index (χ4n) is 2.54. The largest absolute Gasteiger partial charge is 0.381 e. The topological polar surface area (TPSA) is 24.5 Å². The summed E-state index contributed by atoms with van der Waals surface area (Å²) in [7, 11) is 3.85. The van der Waals surface area contributed by atoms with Gasteiger partial charge in [0.25, 0.3) is 0 Å². The van der Waals surface area contributed by atoms with Crippen molar-refractivity contribution in [3.8, 4) is 0 Å². The van der Waals surface area contributed by atoms with Gasteiger partial charge in [0.15, 0.2) is 0 Å². The molecule has 2 rings (SSSR count). The summed E-state index contributed by atoms with van der Waals surface area (Å²) in [4.78, 5) is 2.54. The van der Waals surface area contributed by atoms with Crippen molar-refractivity contribution in [3.63, 3.8) is 0 Å². The minimum atomic E-state index is 0.522. The van der Waals surface area contributed by atoms with E-state index < -0.39 is 0 Å². The van der Waals surface area contributed by atoms with Gasteiger partial charge in [-0.05, 0) is 38.6 Å². The molecule has 20 heavy (non-hydrogen) atoms. The smallest absolute Gasteiger partial charge is 0.0595 e. The molecule has 1 heterocycles. The van der Waals surface area contributed by atoms with Crippen molar-refractivity contribution >= 4 is 0 Å². The van der Waals surface area contributed by atoms with Crippen LogP contribution < -0.4 is 5.32 Å². The third-order valence-corrected chi connectivity index (χ3v) is 4.00. The highest BCUT2D eigenvalue weighted by molar-refractivity contribution is 4.73. The van der Waals surface area contributed by atoms with Crippen LogP contribution in [0.2, 0.25) is 0 Å². The standard InChI is InChI=1S/C10H21NO.C5H11N.C2H6/c1-9(2)8-11-6-4-10(12-3)5-7-11;1-6-5-3-2-4-5;1-2/h9-10H,4-8H2,1-3H3;5-6H,2-4H2,1H3;1-2H3. The number of hydrogen-bond donors (Lipinski definition) is 1. The number of rotatable bonds is 4. The summed E-state index contributed by atoms with van der Waals surface area (Å²) in [5, 5.41) is 3.20. The van der Waals surface area contributed by atoms with Gasteiger partial charge in [0.2, 0.25) is 0 Å². The molecule has 1 saturated heterocycles. The van der Waals surface area contributed by atoms with Crippen LogP contribution in [0.5, 0.6) is 0 Å². The van der Waals surface area contributed by atoms with Crippen LogP contribution in [0.15, 0.2) is 0 Å². The van der Waals surface area contributed by atoms with Crippen molar-refractivity contribution in [1.29, 1.82) is 0 Å². The van der Waals surface area contributed by atoms with Gasteiger partial charge < -0.3 is 15.0 Å². The lowest BCUT2D eigenvalue weighted by Crippen LogP contribution is -2.38. The first-order chi connectivity index (χ1) is 9.65. The minimum Gasteiger partial charge on any atom is -0.381 e. The van der Waals surface area contributed by atoms with Crippen molar-refractivity contribution < 1.29 is 4.74 Å². The van der Waals surface area contributed by atoms with E-state index in [1.165, 1.54) is 51.7 Å². The molecule has 0 radical (unpaired) electrons. The van der Waals surface area contributed by atoms with Crippen LogP contribution in [0.4, 0.5) is 0 Å². The van der Waals surface area contributed by atoms with E-state index in [2.05, 4.69) is 24.1 Å². The summed E-state index contributed by atoms with van der Waals surface area (Å²) in [6, 6.07) is 0.866. The Kier molecular flexibility index (Phi) is 12.5. The fourth-order valence-corrected chi connectivity index (χ4v) is 2.54. The van der Waals surface area contributed by atoms with Gasteiger partial charge in [0, 0.05) is 32.8 Å². The molecule has 1 N–H and O–H groups in total. The molecule has 3 heteroatoms. The molecule has 0 atom stereocenters. The van der Waals surface area contributed by atoms with Crippen LogP contribution in [-0.2, 0) is 4.74 Å². The molecule has 0 aromatic rings. The lowest BCUT2D eigenvalue weighted by molar-refractivity contribution is 0.0380. The van der Waals surface area contributed by atoms with Crippen molar-refractivity contribution in [2.75, 3.05) is 33.8 Å². The van der Waals surface area contributed by atoms with Gasteiger partial charge in [-0.25, -0.2) is 0 Å². The molecular formula is C17H38N2O. The highest BCUT2D eigenvalue weighted by Gasteiger charge is 2.18. The number of piperidine rings is 1. The molecule has 0 spiro atoms. The predicted octanol–water partition coefficient (Wildman–Crippen LogP) is 3.54. The monoisotopic (exact) mass is 286 g/mol. The van der Waals surface area contributed by atoms with Crippen LogP contribution in [0.1, 0.15) is 59.8 Å². The van der Waals surface area contributed by atoms with E-state index in [4.69, 9.17) is 4.74 Å². The maximum absolute atomic E-state index is 5.32. The van der Waals surface area contributed by atoms with E-state index >= 15 is 0 Å². The molecule has 3 nitrogen and oxygen atoms in total. The van der Waals surface area contributed by atoms with Crippen LogP contribution in [0, 0.1) is 5.92 Å². The molecule has 2 fully saturated rings. The SMILES string of the molecule is CC.CNC1CCC1.COC1CCN(CC(C)C)CC1. The number of methoxy groups -OCH3 is 1. The first-order valence-corrected chi connectivity index (χ1v) is 8.58. The van der Waals surface area contributed by atoms with E-state index in [0.29, 0.717) is 6.10 Å². The van der Waals surface area contributed by atoms with Crippen LogP contribution in [0.25, 0.3) is 0 Å². The quantitative estimate of drug-likeness (QED) is 0.855. The molecule has 0 aromatic heterocycles. The average Bonchev–Trinajstić information content (AvgIpc) is 2.41. The van der Waals surface area contributed by atoms with Crippen LogP contribution >= 0.6 is 0 Å². The summed E-state index contributed by atoms with van der Waals surface area (Å²) in [5.74, 6) is 0.795. The summed E-state index contributed by atoms with van der Waals surface area (Å²) in [6.45, 7) is 12.2. The second-order valence-electron chi connectivity index (χ2n) is 6.05. The predicted molar refractivity (Wildman–Crippen MR) is 89.4 cm³/mol. The Hall–Kier alpha value is -0.120. The maximum atomic E-state index is 5.32. The first-order valence-electron chi connectivity index (χ1n) is 8.58. The highest BCUT2D eigenvalue weighted by atomic mass is 16.5. The van der Waals surface area contributed by atoms with E-state index in [1.54, 1.807) is 0 Å². The summed E-state index contributed by atoms with van der Waals surface area (Å²) >= 11 is 0. The Morgan fingerprint density at radius 3 is 1.90 bits per heavy atom. The van der Waals surface area contributed by atoms with Gasteiger partial charge in [-0.2, -0.15) is 0 Å². The molecule has 0 amide bonds. The molecule has 1 aliphatic heterocycles. The van der Waals surface area contributed by atoms with Gasteiger partial charge >= 0.3 is 0 Å². The zero-order valence-electron chi connectivity index (χ0n) is 14.7. The number of nitrogens with zero attached hydrogens (tertiary/aromatic N) is 1. The summed E-state index contributed by atoms with van der Waals surface area (Å²) in [6.07, 6.45) is 7.18. The molecular weight excluding hydrogens is 248 g/mol. The van der Waals surface area contributed by atoms with Crippen molar-refractivity contribution in [1.82, 2.24) is 10.2 Å². The van der Waals surface area contributed by atoms with Crippen molar-refractivity contribution in [3.05, 3.63) is 0 Å². The van der Waals surface area contributed by atoms with E-state index in [0.717, 1.165) is 12.0 Å². The van der Waals surface area contributed by atoms with Crippen LogP contribution in [0.3, 0.4) is 0 Å². The second-order valence-corrected chi connectivity index (χ2v) is 6.05. The van der Waals surface area contributed by atoms with Crippen molar-refractivity contribution in [2.45, 2.75) is 71.9 Å². The Morgan fingerprint density at radius 1 is 1.10 bits per heavy atom. The molecule has 1 aliphatic carbocycles. The van der Waals surface area contributed by atoms with Gasteiger partial charge in [-0.15, -0.1) is 0 Å². The zero-order valence-corrected chi connectivity index (χ0v) is 14.7. The molecule has 0 bridgehead atoms. The van der Waals surface area contributed by atoms with E-state index in [-0.39, 0.29) is 0 Å². The molecule has 1 saturated carbocycles. The van der Waals surface area contributed by atoms with Gasteiger partial charge in [-0.1, -0.05) is 34.1 Å². The Bertz CT molecular complexity index is 194. The third-order valence-electron chi connectivity index (χ3n) is 4.00. The number of likely N-dealkylation sites (tertiary alicyclic amines) is 1. The van der Waals surface area contributed by atoms with Gasteiger partial charge in [0.05, 0.1) is 6.10 Å². The number of hydrogen-bond acceptors (Lipinski definition) is 3. The van der Waals surface area contributed by atoms with Crippen LogP contribution in [-0.4, -0.2) is 50.8 Å². The molecule has 2 aliphatic rings. The van der Waals surface area contributed by atoms with E-state index in [1.807, 2.05) is 28.0 Å². The zero-order chi connectivity index (χ0) is 15.4. The number of ether oxygens (including phenoxy) is 1. The molecule has 0 aromatic carbocycles. The molecule has 0 unspecified atom stereocenters. The fraction of sp³-hybridized carbons (Fsp3) is 1.00. The lowest BCUT2D eigenvalue weighted by Gasteiger charge is -2.32. The second kappa shape index (κ2) is 12.6. The maximum Gasteiger partial charge on any atom is 0.0595 e. The molecule has 122 valence electrons. The first kappa shape index (κ1) is 19.9.